The molecular weight excluding hydrogens is 412 g/mol. The first kappa shape index (κ1) is 18.6. The summed E-state index contributed by atoms with van der Waals surface area (Å²) in [6, 6.07) is 9.78. The highest BCUT2D eigenvalue weighted by atomic mass is 79.9. The zero-order chi connectivity index (χ0) is 19.4. The molecule has 0 aliphatic heterocycles. The summed E-state index contributed by atoms with van der Waals surface area (Å²) in [6.07, 6.45) is 5.12. The van der Waals surface area contributed by atoms with Gasteiger partial charge in [-0.25, -0.2) is 10.2 Å². The molecule has 27 heavy (non-hydrogen) atoms. The second-order valence-electron chi connectivity index (χ2n) is 5.64. The number of hydrazone groups is 1. The summed E-state index contributed by atoms with van der Waals surface area (Å²) < 4.78 is 3.63. The molecule has 2 N–H and O–H groups in total. The van der Waals surface area contributed by atoms with E-state index in [-0.39, 0.29) is 11.2 Å². The maximum Gasteiger partial charge on any atom is 0.329 e. The molecule has 0 aliphatic carbocycles. The SMILES string of the molecule is C=CCn1c(NN=CC(Br)=Cc2ccccc2)nc2c1c(=O)[nH]c(=O)n2C. The summed E-state index contributed by atoms with van der Waals surface area (Å²) in [5.41, 5.74) is 3.34. The molecule has 0 atom stereocenters. The smallest absolute Gasteiger partial charge is 0.299 e. The van der Waals surface area contributed by atoms with Gasteiger partial charge in [0.1, 0.15) is 0 Å². The van der Waals surface area contributed by atoms with Crippen molar-refractivity contribution < 1.29 is 0 Å². The first-order valence-corrected chi connectivity index (χ1v) is 8.82. The van der Waals surface area contributed by atoms with Gasteiger partial charge in [-0.15, -0.1) is 6.58 Å². The van der Waals surface area contributed by atoms with Crippen molar-refractivity contribution >= 4 is 45.3 Å². The van der Waals surface area contributed by atoms with Gasteiger partial charge in [0, 0.05) is 18.1 Å². The number of H-pyrrole nitrogens is 1. The Balaban J connectivity index is 1.94. The number of hydrogen-bond donors (Lipinski definition) is 2. The topological polar surface area (TPSA) is 97.1 Å². The summed E-state index contributed by atoms with van der Waals surface area (Å²) >= 11 is 3.43. The van der Waals surface area contributed by atoms with Crippen LogP contribution in [-0.4, -0.2) is 25.3 Å². The van der Waals surface area contributed by atoms with Crippen LogP contribution in [0.3, 0.4) is 0 Å². The number of rotatable bonds is 6. The third kappa shape index (κ3) is 3.98. The van der Waals surface area contributed by atoms with Gasteiger partial charge in [-0.05, 0) is 27.6 Å². The Morgan fingerprint density at radius 2 is 2.11 bits per heavy atom. The van der Waals surface area contributed by atoms with Crippen LogP contribution in [0.25, 0.3) is 17.2 Å². The number of benzene rings is 1. The summed E-state index contributed by atoms with van der Waals surface area (Å²) in [6.45, 7) is 4.03. The predicted molar refractivity (Wildman–Crippen MR) is 111 cm³/mol. The van der Waals surface area contributed by atoms with Gasteiger partial charge in [0.25, 0.3) is 5.56 Å². The van der Waals surface area contributed by atoms with Crippen LogP contribution in [0.5, 0.6) is 0 Å². The molecule has 138 valence electrons. The molecule has 0 unspecified atom stereocenters. The molecule has 3 rings (SSSR count). The molecule has 0 aliphatic rings. The van der Waals surface area contributed by atoms with E-state index in [2.05, 4.69) is 43.0 Å². The third-order valence-electron chi connectivity index (χ3n) is 3.78. The minimum Gasteiger partial charge on any atom is -0.299 e. The number of allylic oxidation sites excluding steroid dienone is 2. The molecule has 2 heterocycles. The number of aromatic amines is 1. The van der Waals surface area contributed by atoms with E-state index in [0.717, 1.165) is 10.0 Å². The second kappa shape index (κ2) is 8.00. The summed E-state index contributed by atoms with van der Waals surface area (Å²) in [4.78, 5) is 30.6. The molecule has 0 radical (unpaired) electrons. The number of aromatic nitrogens is 4. The summed E-state index contributed by atoms with van der Waals surface area (Å²) in [5, 5.41) is 4.15. The molecule has 0 bridgehead atoms. The summed E-state index contributed by atoms with van der Waals surface area (Å²) in [7, 11) is 1.54. The molecule has 8 nitrogen and oxygen atoms in total. The Morgan fingerprint density at radius 1 is 1.37 bits per heavy atom. The van der Waals surface area contributed by atoms with E-state index in [1.807, 2.05) is 36.4 Å². The average molecular weight is 429 g/mol. The molecule has 2 aromatic heterocycles. The number of imidazole rings is 1. The van der Waals surface area contributed by atoms with Crippen molar-refractivity contribution in [3.8, 4) is 0 Å². The normalized spacial score (nSPS) is 12.0. The first-order chi connectivity index (χ1) is 13.0. The minimum atomic E-state index is -0.528. The largest absolute Gasteiger partial charge is 0.329 e. The Kier molecular flexibility index (Phi) is 5.51. The van der Waals surface area contributed by atoms with Gasteiger partial charge in [0.2, 0.25) is 5.95 Å². The van der Waals surface area contributed by atoms with Crippen LogP contribution >= 0.6 is 15.9 Å². The number of halogens is 1. The van der Waals surface area contributed by atoms with Gasteiger partial charge in [-0.3, -0.25) is 18.9 Å². The molecule has 1 aromatic carbocycles. The maximum atomic E-state index is 12.2. The van der Waals surface area contributed by atoms with Crippen molar-refractivity contribution in [3.05, 3.63) is 73.9 Å². The van der Waals surface area contributed by atoms with Crippen molar-refractivity contribution in [1.82, 2.24) is 19.1 Å². The zero-order valence-electron chi connectivity index (χ0n) is 14.5. The molecule has 3 aromatic rings. The van der Waals surface area contributed by atoms with Crippen LogP contribution in [0, 0.1) is 0 Å². The van der Waals surface area contributed by atoms with Gasteiger partial charge < -0.3 is 0 Å². The van der Waals surface area contributed by atoms with Gasteiger partial charge in [-0.1, -0.05) is 36.4 Å². The first-order valence-electron chi connectivity index (χ1n) is 8.03. The number of nitrogens with one attached hydrogen (secondary N) is 2. The van der Waals surface area contributed by atoms with Crippen molar-refractivity contribution in [2.75, 3.05) is 5.43 Å². The van der Waals surface area contributed by atoms with E-state index >= 15 is 0 Å². The van der Waals surface area contributed by atoms with Crippen LogP contribution < -0.4 is 16.7 Å². The Bertz CT molecular complexity index is 1150. The van der Waals surface area contributed by atoms with E-state index < -0.39 is 11.2 Å². The Labute approximate surface area is 162 Å². The number of anilines is 1. The van der Waals surface area contributed by atoms with Gasteiger partial charge in [0.05, 0.1) is 6.21 Å². The molecule has 0 saturated carbocycles. The van der Waals surface area contributed by atoms with Gasteiger partial charge in [0.15, 0.2) is 11.2 Å². The van der Waals surface area contributed by atoms with Crippen LogP contribution in [0.4, 0.5) is 5.95 Å². The van der Waals surface area contributed by atoms with Crippen LogP contribution in [0.15, 0.2) is 62.2 Å². The lowest BCUT2D eigenvalue weighted by Crippen LogP contribution is -2.29. The Hall–Kier alpha value is -3.20. The monoisotopic (exact) mass is 428 g/mol. The van der Waals surface area contributed by atoms with E-state index in [1.165, 1.54) is 11.6 Å². The fourth-order valence-corrected chi connectivity index (χ4v) is 2.89. The number of nitrogens with zero attached hydrogens (tertiary/aromatic N) is 4. The highest BCUT2D eigenvalue weighted by molar-refractivity contribution is 9.12. The van der Waals surface area contributed by atoms with Crippen molar-refractivity contribution in [3.63, 3.8) is 0 Å². The maximum absolute atomic E-state index is 12.2. The van der Waals surface area contributed by atoms with Crippen molar-refractivity contribution in [1.29, 1.82) is 0 Å². The van der Waals surface area contributed by atoms with E-state index in [9.17, 15) is 9.59 Å². The number of aryl methyl sites for hydroxylation is 1. The zero-order valence-corrected chi connectivity index (χ0v) is 16.1. The second-order valence-corrected chi connectivity index (χ2v) is 6.55. The van der Waals surface area contributed by atoms with Crippen molar-refractivity contribution in [2.24, 2.45) is 12.1 Å². The minimum absolute atomic E-state index is 0.266. The van der Waals surface area contributed by atoms with Gasteiger partial charge >= 0.3 is 5.69 Å². The molecule has 9 heteroatoms. The quantitative estimate of drug-likeness (QED) is 0.357. The van der Waals surface area contributed by atoms with Crippen molar-refractivity contribution in [2.45, 2.75) is 6.54 Å². The number of hydrogen-bond acceptors (Lipinski definition) is 5. The lowest BCUT2D eigenvalue weighted by molar-refractivity contribution is 0.819. The number of fused-ring (bicyclic) bond motifs is 1. The molecular formula is C18H17BrN6O2. The van der Waals surface area contributed by atoms with Crippen LogP contribution in [0.2, 0.25) is 0 Å². The highest BCUT2D eigenvalue weighted by Gasteiger charge is 2.16. The lowest BCUT2D eigenvalue weighted by Gasteiger charge is -2.04. The third-order valence-corrected chi connectivity index (χ3v) is 4.21. The van der Waals surface area contributed by atoms with E-state index in [0.29, 0.717) is 12.5 Å². The Morgan fingerprint density at radius 3 is 2.81 bits per heavy atom. The lowest BCUT2D eigenvalue weighted by atomic mass is 10.2. The molecule has 0 fully saturated rings. The van der Waals surface area contributed by atoms with Crippen LogP contribution in [0.1, 0.15) is 5.56 Å². The summed E-state index contributed by atoms with van der Waals surface area (Å²) in [5.74, 6) is 0.327. The highest BCUT2D eigenvalue weighted by Crippen LogP contribution is 2.16. The molecule has 0 saturated heterocycles. The standard InChI is InChI=1S/C18H17BrN6O2/c1-3-9-25-14-15(24(2)18(27)22-16(14)26)21-17(25)23-20-11-13(19)10-12-7-5-4-6-8-12/h3-8,10-11H,1,9H2,2H3,(H,21,23)(H,22,26,27). The molecule has 0 spiro atoms. The predicted octanol–water partition coefficient (Wildman–Crippen LogP) is 2.44. The van der Waals surface area contributed by atoms with E-state index in [4.69, 9.17) is 0 Å². The van der Waals surface area contributed by atoms with E-state index in [1.54, 1.807) is 16.9 Å². The molecule has 0 amide bonds. The van der Waals surface area contributed by atoms with Crippen LogP contribution in [-0.2, 0) is 13.6 Å². The fraction of sp³-hybridized carbons (Fsp3) is 0.111. The average Bonchev–Trinajstić information content (AvgIpc) is 3.00. The fourth-order valence-electron chi connectivity index (χ4n) is 2.52. The van der Waals surface area contributed by atoms with Gasteiger partial charge in [-0.2, -0.15) is 10.1 Å².